The molecular weight excluding hydrogens is 226 g/mol. The SMILES string of the molecule is COCC(C)NC(N)=NCC1CCCC(C)(C)C1. The van der Waals surface area contributed by atoms with Gasteiger partial charge < -0.3 is 15.8 Å². The fourth-order valence-electron chi connectivity index (χ4n) is 2.83. The van der Waals surface area contributed by atoms with Crippen LogP contribution in [0.1, 0.15) is 46.5 Å². The van der Waals surface area contributed by atoms with Gasteiger partial charge in [0.1, 0.15) is 0 Å². The third-order valence-corrected chi connectivity index (χ3v) is 3.64. The quantitative estimate of drug-likeness (QED) is 0.584. The number of rotatable bonds is 5. The number of aliphatic imine (C=N–C) groups is 1. The van der Waals surface area contributed by atoms with E-state index in [9.17, 15) is 0 Å². The molecule has 0 aromatic rings. The molecule has 2 atom stereocenters. The molecular formula is C14H29N3O. The fraction of sp³-hybridized carbons (Fsp3) is 0.929. The van der Waals surface area contributed by atoms with Crippen LogP contribution >= 0.6 is 0 Å². The van der Waals surface area contributed by atoms with E-state index in [-0.39, 0.29) is 6.04 Å². The topological polar surface area (TPSA) is 59.6 Å². The van der Waals surface area contributed by atoms with Crippen LogP contribution in [0.4, 0.5) is 0 Å². The minimum absolute atomic E-state index is 0.210. The van der Waals surface area contributed by atoms with Gasteiger partial charge >= 0.3 is 0 Å². The van der Waals surface area contributed by atoms with Gasteiger partial charge in [-0.15, -0.1) is 0 Å². The Morgan fingerprint density at radius 2 is 2.28 bits per heavy atom. The summed E-state index contributed by atoms with van der Waals surface area (Å²) < 4.78 is 5.05. The summed E-state index contributed by atoms with van der Waals surface area (Å²) in [5.74, 6) is 1.23. The van der Waals surface area contributed by atoms with Gasteiger partial charge in [-0.25, -0.2) is 0 Å². The van der Waals surface area contributed by atoms with Crippen molar-refractivity contribution in [2.24, 2.45) is 22.1 Å². The van der Waals surface area contributed by atoms with E-state index in [2.05, 4.69) is 24.2 Å². The maximum atomic E-state index is 5.87. The van der Waals surface area contributed by atoms with Gasteiger partial charge in [0.15, 0.2) is 5.96 Å². The Morgan fingerprint density at radius 3 is 2.89 bits per heavy atom. The smallest absolute Gasteiger partial charge is 0.188 e. The van der Waals surface area contributed by atoms with Crippen LogP contribution < -0.4 is 11.1 Å². The van der Waals surface area contributed by atoms with Crippen LogP contribution in [0.3, 0.4) is 0 Å². The highest BCUT2D eigenvalue weighted by Gasteiger charge is 2.27. The molecule has 0 radical (unpaired) electrons. The number of hydrogen-bond acceptors (Lipinski definition) is 2. The monoisotopic (exact) mass is 255 g/mol. The number of nitrogens with one attached hydrogen (secondary N) is 1. The zero-order valence-corrected chi connectivity index (χ0v) is 12.3. The second kappa shape index (κ2) is 6.98. The molecule has 1 aliphatic carbocycles. The van der Waals surface area contributed by atoms with Crippen LogP contribution in [0.25, 0.3) is 0 Å². The number of guanidine groups is 1. The normalized spacial score (nSPS) is 25.8. The van der Waals surface area contributed by atoms with Crippen molar-refractivity contribution in [1.82, 2.24) is 5.32 Å². The Morgan fingerprint density at radius 1 is 1.56 bits per heavy atom. The first-order valence-corrected chi connectivity index (χ1v) is 6.98. The first-order chi connectivity index (χ1) is 8.43. The van der Waals surface area contributed by atoms with Gasteiger partial charge in [-0.1, -0.05) is 20.3 Å². The van der Waals surface area contributed by atoms with E-state index in [1.54, 1.807) is 7.11 Å². The second-order valence-corrected chi connectivity index (χ2v) is 6.35. The molecule has 0 saturated heterocycles. The summed E-state index contributed by atoms with van der Waals surface area (Å²) >= 11 is 0. The van der Waals surface area contributed by atoms with Gasteiger partial charge in [0.2, 0.25) is 0 Å². The van der Waals surface area contributed by atoms with Gasteiger partial charge in [0, 0.05) is 19.7 Å². The van der Waals surface area contributed by atoms with E-state index in [0.717, 1.165) is 6.54 Å². The van der Waals surface area contributed by atoms with Crippen molar-refractivity contribution in [3.8, 4) is 0 Å². The number of ether oxygens (including phenoxy) is 1. The highest BCUT2D eigenvalue weighted by molar-refractivity contribution is 5.78. The van der Waals surface area contributed by atoms with Crippen molar-refractivity contribution >= 4 is 5.96 Å². The molecule has 1 fully saturated rings. The molecule has 1 aliphatic rings. The van der Waals surface area contributed by atoms with Crippen LogP contribution in [0.15, 0.2) is 4.99 Å². The predicted octanol–water partition coefficient (Wildman–Crippen LogP) is 2.14. The average Bonchev–Trinajstić information content (AvgIpc) is 2.25. The third-order valence-electron chi connectivity index (χ3n) is 3.64. The summed E-state index contributed by atoms with van der Waals surface area (Å²) in [7, 11) is 1.69. The molecule has 0 aromatic carbocycles. The molecule has 0 aromatic heterocycles. The van der Waals surface area contributed by atoms with Crippen LogP contribution in [-0.2, 0) is 4.74 Å². The summed E-state index contributed by atoms with van der Waals surface area (Å²) in [5.41, 5.74) is 6.35. The van der Waals surface area contributed by atoms with E-state index < -0.39 is 0 Å². The lowest BCUT2D eigenvalue weighted by molar-refractivity contribution is 0.178. The highest BCUT2D eigenvalue weighted by Crippen LogP contribution is 2.38. The van der Waals surface area contributed by atoms with Crippen molar-refractivity contribution in [2.75, 3.05) is 20.3 Å². The molecule has 0 spiro atoms. The van der Waals surface area contributed by atoms with Crippen LogP contribution in [0.2, 0.25) is 0 Å². The molecule has 18 heavy (non-hydrogen) atoms. The van der Waals surface area contributed by atoms with E-state index in [4.69, 9.17) is 10.5 Å². The zero-order chi connectivity index (χ0) is 13.6. The Bertz CT molecular complexity index is 276. The number of nitrogens with zero attached hydrogens (tertiary/aromatic N) is 1. The molecule has 0 aliphatic heterocycles. The lowest BCUT2D eigenvalue weighted by atomic mass is 9.72. The molecule has 0 heterocycles. The second-order valence-electron chi connectivity index (χ2n) is 6.35. The predicted molar refractivity (Wildman–Crippen MR) is 76.7 cm³/mol. The zero-order valence-electron chi connectivity index (χ0n) is 12.3. The summed E-state index contributed by atoms with van der Waals surface area (Å²) in [6, 6.07) is 0.210. The summed E-state index contributed by atoms with van der Waals surface area (Å²) in [6.45, 7) is 8.24. The number of nitrogens with two attached hydrogens (primary N) is 1. The molecule has 0 bridgehead atoms. The Kier molecular flexibility index (Phi) is 5.93. The summed E-state index contributed by atoms with van der Waals surface area (Å²) in [5, 5.41) is 3.14. The first kappa shape index (κ1) is 15.3. The molecule has 0 amide bonds. The largest absolute Gasteiger partial charge is 0.383 e. The van der Waals surface area contributed by atoms with Crippen LogP contribution in [0.5, 0.6) is 0 Å². The Labute approximate surface area is 111 Å². The Hall–Kier alpha value is -0.770. The molecule has 1 saturated carbocycles. The van der Waals surface area contributed by atoms with E-state index in [1.165, 1.54) is 25.7 Å². The standard InChI is InChI=1S/C14H29N3O/c1-11(10-18-4)17-13(15)16-9-12-6-5-7-14(2,3)8-12/h11-12H,5-10H2,1-4H3,(H3,15,16,17). The highest BCUT2D eigenvalue weighted by atomic mass is 16.5. The lowest BCUT2D eigenvalue weighted by Crippen LogP contribution is -2.41. The maximum absolute atomic E-state index is 5.87. The molecule has 3 N–H and O–H groups in total. The lowest BCUT2D eigenvalue weighted by Gasteiger charge is -2.34. The summed E-state index contributed by atoms with van der Waals surface area (Å²) in [6.07, 6.45) is 5.21. The van der Waals surface area contributed by atoms with E-state index >= 15 is 0 Å². The van der Waals surface area contributed by atoms with Crippen molar-refractivity contribution in [3.63, 3.8) is 0 Å². The van der Waals surface area contributed by atoms with Gasteiger partial charge in [-0.05, 0) is 37.5 Å². The number of methoxy groups -OCH3 is 1. The number of hydrogen-bond donors (Lipinski definition) is 2. The fourth-order valence-corrected chi connectivity index (χ4v) is 2.83. The first-order valence-electron chi connectivity index (χ1n) is 6.98. The molecule has 4 heteroatoms. The molecule has 1 rings (SSSR count). The molecule has 2 unspecified atom stereocenters. The molecule has 4 nitrogen and oxygen atoms in total. The minimum atomic E-state index is 0.210. The van der Waals surface area contributed by atoms with Gasteiger partial charge in [-0.3, -0.25) is 4.99 Å². The van der Waals surface area contributed by atoms with E-state index in [1.807, 2.05) is 6.92 Å². The molecule has 106 valence electrons. The minimum Gasteiger partial charge on any atom is -0.383 e. The maximum Gasteiger partial charge on any atom is 0.188 e. The van der Waals surface area contributed by atoms with Gasteiger partial charge in [-0.2, -0.15) is 0 Å². The van der Waals surface area contributed by atoms with Crippen molar-refractivity contribution in [1.29, 1.82) is 0 Å². The van der Waals surface area contributed by atoms with E-state index in [0.29, 0.717) is 23.9 Å². The van der Waals surface area contributed by atoms with Crippen molar-refractivity contribution in [2.45, 2.75) is 52.5 Å². The Balaban J connectivity index is 2.33. The summed E-state index contributed by atoms with van der Waals surface area (Å²) in [4.78, 5) is 4.46. The van der Waals surface area contributed by atoms with Gasteiger partial charge in [0.05, 0.1) is 6.61 Å². The van der Waals surface area contributed by atoms with Gasteiger partial charge in [0.25, 0.3) is 0 Å². The van der Waals surface area contributed by atoms with Crippen LogP contribution in [0, 0.1) is 11.3 Å². The van der Waals surface area contributed by atoms with Crippen molar-refractivity contribution < 1.29 is 4.74 Å². The third kappa shape index (κ3) is 5.71. The van der Waals surface area contributed by atoms with Crippen molar-refractivity contribution in [3.05, 3.63) is 0 Å². The average molecular weight is 255 g/mol. The van der Waals surface area contributed by atoms with Crippen LogP contribution in [-0.4, -0.2) is 32.3 Å².